The minimum absolute atomic E-state index is 0.0987. The molecule has 1 aromatic carbocycles. The van der Waals surface area contributed by atoms with Crippen LogP contribution in [0, 0.1) is 5.82 Å². The van der Waals surface area contributed by atoms with Gasteiger partial charge in [0.05, 0.1) is 5.56 Å². The zero-order valence-corrected chi connectivity index (χ0v) is 14.9. The van der Waals surface area contributed by atoms with Crippen molar-refractivity contribution in [2.75, 3.05) is 20.1 Å². The fraction of sp³-hybridized carbons (Fsp3) is 0.421. The second kappa shape index (κ2) is 7.27. The normalized spacial score (nSPS) is 17.8. The molecule has 2 amide bonds. The maximum Gasteiger partial charge on any atom is 0.255 e. The van der Waals surface area contributed by atoms with E-state index in [9.17, 15) is 18.8 Å². The Bertz CT molecular complexity index is 909. The number of likely N-dealkylation sites (N-methyl/N-ethyl adjacent to an activating group) is 1. The van der Waals surface area contributed by atoms with Gasteiger partial charge >= 0.3 is 0 Å². The van der Waals surface area contributed by atoms with Gasteiger partial charge in [-0.2, -0.15) is 0 Å². The van der Waals surface area contributed by atoms with E-state index in [1.165, 1.54) is 29.2 Å². The van der Waals surface area contributed by atoms with Crippen molar-refractivity contribution in [3.63, 3.8) is 0 Å². The van der Waals surface area contributed by atoms with Crippen molar-refractivity contribution in [1.29, 1.82) is 0 Å². The molecule has 1 aliphatic rings. The number of aromatic amines is 1. The number of H-pyrrole nitrogens is 1. The monoisotopic (exact) mass is 359 g/mol. The van der Waals surface area contributed by atoms with E-state index in [1.807, 2.05) is 6.92 Å². The van der Waals surface area contributed by atoms with E-state index >= 15 is 0 Å². The lowest BCUT2D eigenvalue weighted by Gasteiger charge is -2.39. The quantitative estimate of drug-likeness (QED) is 0.909. The predicted molar refractivity (Wildman–Crippen MR) is 96.5 cm³/mol. The third-order valence-corrected chi connectivity index (χ3v) is 4.84. The van der Waals surface area contributed by atoms with Crippen molar-refractivity contribution >= 4 is 22.7 Å². The number of carbonyl (C=O) groups excluding carboxylic acids is 2. The molecule has 0 aliphatic carbocycles. The number of hydrogen-bond donors (Lipinski definition) is 1. The van der Waals surface area contributed by atoms with Crippen LogP contribution in [-0.4, -0.2) is 52.8 Å². The number of nitrogens with zero attached hydrogens (tertiary/aromatic N) is 2. The van der Waals surface area contributed by atoms with Gasteiger partial charge in [-0.25, -0.2) is 4.39 Å². The van der Waals surface area contributed by atoms with Crippen LogP contribution in [0.3, 0.4) is 0 Å². The first-order chi connectivity index (χ1) is 12.4. The molecule has 0 saturated carbocycles. The molecule has 2 heterocycles. The Hall–Kier alpha value is -2.70. The number of unbranched alkanes of at least 4 members (excludes halogenated alkanes) is 1. The molecule has 138 valence electrons. The summed E-state index contributed by atoms with van der Waals surface area (Å²) in [6.07, 6.45) is 2.30. The van der Waals surface area contributed by atoms with E-state index in [1.54, 1.807) is 11.9 Å². The molecule has 7 heteroatoms. The maximum absolute atomic E-state index is 13.7. The highest BCUT2D eigenvalue weighted by molar-refractivity contribution is 6.07. The van der Waals surface area contributed by atoms with Crippen molar-refractivity contribution in [1.82, 2.24) is 14.8 Å². The van der Waals surface area contributed by atoms with Crippen LogP contribution in [0.5, 0.6) is 0 Å². The number of hydrogen-bond acceptors (Lipinski definition) is 3. The summed E-state index contributed by atoms with van der Waals surface area (Å²) in [5.41, 5.74) is 0.0907. The zero-order valence-electron chi connectivity index (χ0n) is 14.9. The van der Waals surface area contributed by atoms with E-state index in [0.29, 0.717) is 30.4 Å². The number of nitrogens with one attached hydrogen (secondary N) is 1. The highest BCUT2D eigenvalue weighted by Crippen LogP contribution is 2.23. The lowest BCUT2D eigenvalue weighted by Crippen LogP contribution is -2.57. The van der Waals surface area contributed by atoms with E-state index in [0.717, 1.165) is 12.8 Å². The number of rotatable bonds is 4. The average molecular weight is 359 g/mol. The number of pyridine rings is 1. The van der Waals surface area contributed by atoms with Gasteiger partial charge in [-0.3, -0.25) is 14.4 Å². The first-order valence-corrected chi connectivity index (χ1v) is 8.81. The first-order valence-electron chi connectivity index (χ1n) is 8.81. The first kappa shape index (κ1) is 18.1. The Kier molecular flexibility index (Phi) is 5.06. The minimum atomic E-state index is -0.552. The Morgan fingerprint density at radius 2 is 2.04 bits per heavy atom. The molecule has 1 atom stereocenters. The van der Waals surface area contributed by atoms with Gasteiger partial charge in [0.15, 0.2) is 0 Å². The van der Waals surface area contributed by atoms with E-state index < -0.39 is 23.3 Å². The van der Waals surface area contributed by atoms with Crippen LogP contribution in [0.25, 0.3) is 10.9 Å². The standard InChI is InChI=1S/C19H22FN3O3/c1-3-4-5-16-19(26)22(2)8-9-23(16)18(25)14-11-17(24)21-15-7-6-12(20)10-13(14)15/h6-7,10-11,16H,3-5,8-9H2,1-2H3,(H,21,24). The topological polar surface area (TPSA) is 73.5 Å². The van der Waals surface area contributed by atoms with Gasteiger partial charge in [-0.1, -0.05) is 19.8 Å². The van der Waals surface area contributed by atoms with Crippen molar-refractivity contribution in [3.05, 3.63) is 46.0 Å². The lowest BCUT2D eigenvalue weighted by molar-refractivity contribution is -0.138. The van der Waals surface area contributed by atoms with Gasteiger partial charge in [0.25, 0.3) is 5.91 Å². The number of carbonyl (C=O) groups is 2. The predicted octanol–water partition coefficient (Wildman–Crippen LogP) is 2.14. The maximum atomic E-state index is 13.7. The van der Waals surface area contributed by atoms with Crippen molar-refractivity contribution in [3.8, 4) is 0 Å². The number of benzene rings is 1. The SMILES string of the molecule is CCCCC1C(=O)N(C)CCN1C(=O)c1cc(=O)[nH]c2ccc(F)cc12. The molecule has 1 N–H and O–H groups in total. The Morgan fingerprint density at radius 3 is 2.77 bits per heavy atom. The molecule has 1 fully saturated rings. The second-order valence-electron chi connectivity index (χ2n) is 6.65. The van der Waals surface area contributed by atoms with Gasteiger partial charge < -0.3 is 14.8 Å². The number of halogens is 1. The molecule has 0 radical (unpaired) electrons. The summed E-state index contributed by atoms with van der Waals surface area (Å²) >= 11 is 0. The fourth-order valence-corrected chi connectivity index (χ4v) is 3.39. The van der Waals surface area contributed by atoms with E-state index in [4.69, 9.17) is 0 Å². The van der Waals surface area contributed by atoms with Crippen LogP contribution in [0.2, 0.25) is 0 Å². The van der Waals surface area contributed by atoms with Gasteiger partial charge in [0.2, 0.25) is 11.5 Å². The summed E-state index contributed by atoms with van der Waals surface area (Å²) < 4.78 is 13.7. The molecule has 0 spiro atoms. The van der Waals surface area contributed by atoms with Crippen molar-refractivity contribution in [2.45, 2.75) is 32.2 Å². The van der Waals surface area contributed by atoms with Gasteiger partial charge in [0, 0.05) is 37.1 Å². The summed E-state index contributed by atoms with van der Waals surface area (Å²) in [4.78, 5) is 43.5. The molecule has 2 aromatic rings. The third-order valence-electron chi connectivity index (χ3n) is 4.84. The smallest absolute Gasteiger partial charge is 0.255 e. The highest BCUT2D eigenvalue weighted by atomic mass is 19.1. The molecule has 0 bridgehead atoms. The van der Waals surface area contributed by atoms with Crippen LogP contribution in [0.4, 0.5) is 4.39 Å². The number of fused-ring (bicyclic) bond motifs is 1. The molecular weight excluding hydrogens is 337 g/mol. The number of piperazine rings is 1. The number of amides is 2. The summed E-state index contributed by atoms with van der Waals surface area (Å²) in [7, 11) is 1.72. The molecule has 3 rings (SSSR count). The van der Waals surface area contributed by atoms with Gasteiger partial charge in [-0.05, 0) is 24.6 Å². The summed E-state index contributed by atoms with van der Waals surface area (Å²) in [6.45, 7) is 2.85. The van der Waals surface area contributed by atoms with Crippen LogP contribution >= 0.6 is 0 Å². The number of aromatic nitrogens is 1. The molecular formula is C19H22FN3O3. The third kappa shape index (κ3) is 3.34. The van der Waals surface area contributed by atoms with Crippen LogP contribution < -0.4 is 5.56 Å². The highest BCUT2D eigenvalue weighted by Gasteiger charge is 2.36. The van der Waals surface area contributed by atoms with Crippen LogP contribution in [-0.2, 0) is 4.79 Å². The van der Waals surface area contributed by atoms with Crippen LogP contribution in [0.1, 0.15) is 36.5 Å². The minimum Gasteiger partial charge on any atom is -0.342 e. The summed E-state index contributed by atoms with van der Waals surface area (Å²) in [5.74, 6) is -0.997. The van der Waals surface area contributed by atoms with Gasteiger partial charge in [0.1, 0.15) is 11.9 Å². The lowest BCUT2D eigenvalue weighted by atomic mass is 10.0. The molecule has 1 aliphatic heterocycles. The van der Waals surface area contributed by atoms with E-state index in [-0.39, 0.29) is 11.5 Å². The van der Waals surface area contributed by atoms with Crippen molar-refractivity contribution in [2.24, 2.45) is 0 Å². The Labute approximate surface area is 150 Å². The summed E-state index contributed by atoms with van der Waals surface area (Å²) in [5, 5.41) is 0.343. The molecule has 26 heavy (non-hydrogen) atoms. The molecule has 1 saturated heterocycles. The second-order valence-corrected chi connectivity index (χ2v) is 6.65. The summed E-state index contributed by atoms with van der Waals surface area (Å²) in [6, 6.07) is 4.54. The molecule has 6 nitrogen and oxygen atoms in total. The molecule has 1 aromatic heterocycles. The van der Waals surface area contributed by atoms with Gasteiger partial charge in [-0.15, -0.1) is 0 Å². The van der Waals surface area contributed by atoms with Crippen LogP contribution in [0.15, 0.2) is 29.1 Å². The zero-order chi connectivity index (χ0) is 18.8. The molecule has 1 unspecified atom stereocenters. The fourth-order valence-electron chi connectivity index (χ4n) is 3.39. The Balaban J connectivity index is 2.04. The average Bonchev–Trinajstić information content (AvgIpc) is 2.62. The van der Waals surface area contributed by atoms with E-state index in [2.05, 4.69) is 4.98 Å². The van der Waals surface area contributed by atoms with Crippen molar-refractivity contribution < 1.29 is 14.0 Å². The largest absolute Gasteiger partial charge is 0.342 e. The Morgan fingerprint density at radius 1 is 1.27 bits per heavy atom.